The van der Waals surface area contributed by atoms with Crippen LogP contribution in [0.3, 0.4) is 0 Å². The van der Waals surface area contributed by atoms with Gasteiger partial charge in [0, 0.05) is 12.2 Å². The Hall–Kier alpha value is -2.89. The molecule has 9 nitrogen and oxygen atoms in total. The minimum Gasteiger partial charge on any atom is -0.442 e. The molecule has 0 saturated carbocycles. The number of carbonyl (C=O) groups excluding carboxylic acids is 3. The van der Waals surface area contributed by atoms with E-state index in [9.17, 15) is 23.9 Å². The maximum atomic E-state index is 14.9. The summed E-state index contributed by atoms with van der Waals surface area (Å²) >= 11 is 6.88. The molecule has 0 bridgehead atoms. The molecular formula is C21H21ClFN3O6S. The Balaban J connectivity index is 1.36. The molecule has 2 aliphatic rings. The van der Waals surface area contributed by atoms with Crippen LogP contribution in [0.15, 0.2) is 30.3 Å². The summed E-state index contributed by atoms with van der Waals surface area (Å²) in [6.07, 6.45) is -0.886. The summed E-state index contributed by atoms with van der Waals surface area (Å²) < 4.78 is 25.7. The van der Waals surface area contributed by atoms with Crippen LogP contribution in [0.2, 0.25) is 4.34 Å². The Bertz CT molecular complexity index is 1070. The number of rotatable bonds is 6. The molecule has 4 rings (SSSR count). The van der Waals surface area contributed by atoms with Gasteiger partial charge in [0.15, 0.2) is 5.06 Å². The highest BCUT2D eigenvalue weighted by Crippen LogP contribution is 2.31. The van der Waals surface area contributed by atoms with Crippen molar-refractivity contribution in [3.05, 3.63) is 40.5 Å². The van der Waals surface area contributed by atoms with Crippen molar-refractivity contribution in [2.75, 3.05) is 36.0 Å². The second-order valence-electron chi connectivity index (χ2n) is 7.59. The van der Waals surface area contributed by atoms with Crippen LogP contribution in [-0.4, -0.2) is 55.5 Å². The predicted octanol–water partition coefficient (Wildman–Crippen LogP) is 3.39. The van der Waals surface area contributed by atoms with Crippen LogP contribution in [-0.2, 0) is 9.53 Å². The molecule has 2 fully saturated rings. The minimum absolute atomic E-state index is 0.00483. The topological polar surface area (TPSA) is 108 Å². The predicted molar refractivity (Wildman–Crippen MR) is 120 cm³/mol. The van der Waals surface area contributed by atoms with Crippen LogP contribution in [0.5, 0.6) is 5.06 Å². The number of anilines is 2. The summed E-state index contributed by atoms with van der Waals surface area (Å²) in [4.78, 5) is 39.2. The number of halogens is 2. The minimum atomic E-state index is -0.749. The highest BCUT2D eigenvalue weighted by molar-refractivity contribution is 7.17. The van der Waals surface area contributed by atoms with Gasteiger partial charge in [-0.1, -0.05) is 22.9 Å². The number of ether oxygens (including phenoxy) is 2. The first kappa shape index (κ1) is 23.3. The zero-order chi connectivity index (χ0) is 23.5. The summed E-state index contributed by atoms with van der Waals surface area (Å²) in [5.41, 5.74) is 0.367. The first-order chi connectivity index (χ1) is 15.9. The Morgan fingerprint density at radius 2 is 2.12 bits per heavy atom. The average molecular weight is 498 g/mol. The zero-order valence-corrected chi connectivity index (χ0v) is 18.9. The molecule has 2 saturated heterocycles. The molecule has 1 aromatic carbocycles. The lowest BCUT2D eigenvalue weighted by atomic mass is 9.97. The van der Waals surface area contributed by atoms with E-state index in [4.69, 9.17) is 21.1 Å². The number of hydrogen-bond acceptors (Lipinski definition) is 7. The highest BCUT2D eigenvalue weighted by Gasteiger charge is 2.35. The number of nitrogens with one attached hydrogen (secondary N) is 1. The molecule has 2 aromatic rings. The molecule has 3 amide bonds. The van der Waals surface area contributed by atoms with Gasteiger partial charge in [-0.25, -0.2) is 14.0 Å². The number of nitrogens with zero attached hydrogens (tertiary/aromatic N) is 2. The van der Waals surface area contributed by atoms with Gasteiger partial charge in [0.2, 0.25) is 5.91 Å². The number of aliphatic hydroxyl groups excluding tert-OH is 1. The van der Waals surface area contributed by atoms with Gasteiger partial charge in [-0.3, -0.25) is 9.69 Å². The van der Waals surface area contributed by atoms with E-state index in [0.717, 1.165) is 16.2 Å². The van der Waals surface area contributed by atoms with Gasteiger partial charge in [0.1, 0.15) is 11.9 Å². The van der Waals surface area contributed by atoms with Crippen molar-refractivity contribution in [1.82, 2.24) is 5.32 Å². The standard InChI is InChI=1S/C21H21ClFN3O6S/c22-17-5-6-18(33-17)32-20(29)24-9-14-10-26(21(30)31-14)16-4-3-13(8-15(16)23)25-7-1-2-12(11-27)19(25)28/h3-6,8,12,14,27H,1-2,7,9-11H2,(H,24,29)/t12?,14-/m0/s1. The fourth-order valence-electron chi connectivity index (χ4n) is 3.76. The molecule has 3 heterocycles. The number of piperidine rings is 1. The van der Waals surface area contributed by atoms with Crippen molar-refractivity contribution in [3.63, 3.8) is 0 Å². The molecule has 2 aliphatic heterocycles. The zero-order valence-electron chi connectivity index (χ0n) is 17.3. The van der Waals surface area contributed by atoms with Crippen LogP contribution in [0, 0.1) is 11.7 Å². The highest BCUT2D eigenvalue weighted by atomic mass is 35.5. The van der Waals surface area contributed by atoms with E-state index >= 15 is 0 Å². The summed E-state index contributed by atoms with van der Waals surface area (Å²) in [7, 11) is 0. The lowest BCUT2D eigenvalue weighted by molar-refractivity contribution is -0.125. The molecule has 1 unspecified atom stereocenters. The Morgan fingerprint density at radius 3 is 2.82 bits per heavy atom. The summed E-state index contributed by atoms with van der Waals surface area (Å²) in [6, 6.07) is 7.30. The Labute approximate surface area is 197 Å². The SMILES string of the molecule is O=C(NC[C@H]1CN(c2ccc(N3CCCC(CO)C3=O)cc2F)C(=O)O1)Oc1ccc(Cl)s1. The van der Waals surface area contributed by atoms with E-state index in [2.05, 4.69) is 5.32 Å². The molecule has 176 valence electrons. The molecule has 0 aliphatic carbocycles. The van der Waals surface area contributed by atoms with Gasteiger partial charge in [-0.2, -0.15) is 0 Å². The fourth-order valence-corrected chi connectivity index (χ4v) is 4.63. The lowest BCUT2D eigenvalue weighted by Gasteiger charge is -2.31. The van der Waals surface area contributed by atoms with Crippen molar-refractivity contribution < 1.29 is 33.4 Å². The number of thiophene rings is 1. The van der Waals surface area contributed by atoms with Gasteiger partial charge >= 0.3 is 12.2 Å². The van der Waals surface area contributed by atoms with Gasteiger partial charge in [0.25, 0.3) is 0 Å². The summed E-state index contributed by atoms with van der Waals surface area (Å²) in [5.74, 6) is -1.43. The third-order valence-electron chi connectivity index (χ3n) is 5.39. The fraction of sp³-hybridized carbons (Fsp3) is 0.381. The number of hydrogen-bond donors (Lipinski definition) is 2. The van der Waals surface area contributed by atoms with Gasteiger partial charge in [-0.05, 0) is 43.2 Å². The number of carbonyl (C=O) groups is 3. The first-order valence-corrected chi connectivity index (χ1v) is 11.5. The smallest absolute Gasteiger partial charge is 0.414 e. The van der Waals surface area contributed by atoms with Gasteiger partial charge in [-0.15, -0.1) is 0 Å². The molecule has 2 N–H and O–H groups in total. The van der Waals surface area contributed by atoms with Gasteiger partial charge < -0.3 is 24.8 Å². The number of aliphatic hydroxyl groups is 1. The molecule has 2 atom stereocenters. The van der Waals surface area contributed by atoms with E-state index in [-0.39, 0.29) is 31.3 Å². The monoisotopic (exact) mass is 497 g/mol. The Morgan fingerprint density at radius 1 is 1.30 bits per heavy atom. The number of cyclic esters (lactones) is 1. The maximum Gasteiger partial charge on any atom is 0.414 e. The third-order valence-corrected chi connectivity index (χ3v) is 6.50. The van der Waals surface area contributed by atoms with E-state index in [0.29, 0.717) is 34.5 Å². The Kier molecular flexibility index (Phi) is 7.01. The van der Waals surface area contributed by atoms with Crippen molar-refractivity contribution in [2.45, 2.75) is 18.9 Å². The summed E-state index contributed by atoms with van der Waals surface area (Å²) in [5, 5.41) is 12.2. The van der Waals surface area contributed by atoms with Crippen LogP contribution >= 0.6 is 22.9 Å². The number of benzene rings is 1. The molecule has 12 heteroatoms. The third kappa shape index (κ3) is 5.21. The van der Waals surface area contributed by atoms with E-state index in [1.807, 2.05) is 0 Å². The average Bonchev–Trinajstić information content (AvgIpc) is 3.37. The summed E-state index contributed by atoms with van der Waals surface area (Å²) in [6.45, 7) is 0.182. The molecule has 33 heavy (non-hydrogen) atoms. The molecule has 0 radical (unpaired) electrons. The van der Waals surface area contributed by atoms with Crippen LogP contribution in [0.1, 0.15) is 12.8 Å². The van der Waals surface area contributed by atoms with Crippen molar-refractivity contribution in [3.8, 4) is 5.06 Å². The largest absolute Gasteiger partial charge is 0.442 e. The first-order valence-electron chi connectivity index (χ1n) is 10.3. The second kappa shape index (κ2) is 9.94. The van der Waals surface area contributed by atoms with Crippen LogP contribution in [0.4, 0.5) is 25.4 Å². The lowest BCUT2D eigenvalue weighted by Crippen LogP contribution is -2.42. The normalized spacial score (nSPS) is 20.7. The van der Waals surface area contributed by atoms with Crippen LogP contribution in [0.25, 0.3) is 0 Å². The van der Waals surface area contributed by atoms with E-state index in [1.165, 1.54) is 17.0 Å². The maximum absolute atomic E-state index is 14.9. The molecule has 1 aromatic heterocycles. The quantitative estimate of drug-likeness (QED) is 0.633. The number of amides is 3. The van der Waals surface area contributed by atoms with Crippen molar-refractivity contribution in [2.24, 2.45) is 5.92 Å². The molecule has 0 spiro atoms. The van der Waals surface area contributed by atoms with Crippen molar-refractivity contribution in [1.29, 1.82) is 0 Å². The van der Waals surface area contributed by atoms with E-state index in [1.54, 1.807) is 18.2 Å². The van der Waals surface area contributed by atoms with Gasteiger partial charge in [0.05, 0.1) is 35.6 Å². The second-order valence-corrected chi connectivity index (χ2v) is 9.27. The van der Waals surface area contributed by atoms with Crippen molar-refractivity contribution >= 4 is 52.4 Å². The van der Waals surface area contributed by atoms with Crippen LogP contribution < -0.4 is 19.9 Å². The van der Waals surface area contributed by atoms with E-state index < -0.39 is 30.0 Å². The molecular weight excluding hydrogens is 477 g/mol.